The topological polar surface area (TPSA) is 46.2 Å². The molecule has 5 rings (SSSR count). The average Bonchev–Trinajstić information content (AvgIpc) is 2.99. The zero-order chi connectivity index (χ0) is 20.3. The van der Waals surface area contributed by atoms with Gasteiger partial charge in [-0.3, -0.25) is 0 Å². The molecule has 6 atom stereocenters. The Morgan fingerprint density at radius 1 is 1.21 bits per heavy atom. The number of rotatable bonds is 3. The Labute approximate surface area is 178 Å². The van der Waals surface area contributed by atoms with Crippen molar-refractivity contribution in [3.8, 4) is 0 Å². The normalized spacial score (nSPS) is 45.5. The second-order valence-electron chi connectivity index (χ2n) is 9.78. The number of hydrogen-bond acceptors (Lipinski definition) is 6. The molecule has 0 amide bonds. The largest absolute Gasteiger partial charge is 0.359 e. The fraction of sp³-hybridized carbons (Fsp3) is 0.783. The van der Waals surface area contributed by atoms with Gasteiger partial charge in [-0.15, -0.1) is 0 Å². The lowest BCUT2D eigenvalue weighted by Gasteiger charge is -2.61. The Balaban J connectivity index is 1.55. The van der Waals surface area contributed by atoms with Crippen LogP contribution in [0.1, 0.15) is 46.0 Å². The predicted octanol–water partition coefficient (Wildman–Crippen LogP) is 4.37. The highest BCUT2D eigenvalue weighted by Crippen LogP contribution is 2.68. The van der Waals surface area contributed by atoms with Gasteiger partial charge in [-0.2, -0.15) is 0 Å². The lowest BCUT2D eigenvalue weighted by atomic mass is 9.47. The number of hydrogen-bond donors (Lipinski definition) is 0. The molecule has 0 radical (unpaired) electrons. The van der Waals surface area contributed by atoms with Crippen molar-refractivity contribution < 1.29 is 23.7 Å². The number of ether oxygens (including phenoxy) is 5. The summed E-state index contributed by atoms with van der Waals surface area (Å²) in [5, 5.41) is 0. The molecule has 1 heterocycles. The first kappa shape index (κ1) is 20.3. The Hall–Kier alpha value is -0.630. The van der Waals surface area contributed by atoms with Gasteiger partial charge in [0.15, 0.2) is 19.4 Å². The Morgan fingerprint density at radius 3 is 2.76 bits per heavy atom. The maximum absolute atomic E-state index is 6.39. The number of allylic oxidation sites excluding steroid dienone is 4. The first-order valence-corrected chi connectivity index (χ1v) is 11.2. The SMILES string of the molecule is COCO[C@H]1C[C@@]2(C)[C@@H](CCC23OCOCO3)[C@@H]2CCC3=CC(=S)C=C[C@]3(C)[C@H]21. The van der Waals surface area contributed by atoms with E-state index in [-0.39, 0.29) is 16.9 Å². The zero-order valence-corrected chi connectivity index (χ0v) is 18.5. The highest BCUT2D eigenvalue weighted by molar-refractivity contribution is 7.81. The summed E-state index contributed by atoms with van der Waals surface area (Å²) in [6, 6.07) is 0. The van der Waals surface area contributed by atoms with E-state index >= 15 is 0 Å². The van der Waals surface area contributed by atoms with E-state index in [1.54, 1.807) is 7.11 Å². The quantitative estimate of drug-likeness (QED) is 0.499. The van der Waals surface area contributed by atoms with E-state index in [1.165, 1.54) is 12.0 Å². The van der Waals surface area contributed by atoms with Crippen LogP contribution in [-0.4, -0.2) is 44.2 Å². The van der Waals surface area contributed by atoms with Crippen LogP contribution in [0.5, 0.6) is 0 Å². The van der Waals surface area contributed by atoms with Crippen LogP contribution < -0.4 is 0 Å². The Kier molecular flexibility index (Phi) is 5.04. The van der Waals surface area contributed by atoms with Gasteiger partial charge in [-0.25, -0.2) is 0 Å². The summed E-state index contributed by atoms with van der Waals surface area (Å²) < 4.78 is 29.5. The van der Waals surface area contributed by atoms with Gasteiger partial charge in [0.25, 0.3) is 0 Å². The molecule has 1 spiro atoms. The van der Waals surface area contributed by atoms with Crippen molar-refractivity contribution in [2.45, 2.75) is 57.8 Å². The van der Waals surface area contributed by atoms with Crippen LogP contribution in [-0.2, 0) is 23.7 Å². The summed E-state index contributed by atoms with van der Waals surface area (Å²) in [7, 11) is 1.69. The predicted molar refractivity (Wildman–Crippen MR) is 112 cm³/mol. The van der Waals surface area contributed by atoms with Gasteiger partial charge in [-0.05, 0) is 49.7 Å². The molecule has 0 bridgehead atoms. The molecular weight excluding hydrogens is 388 g/mol. The molecule has 160 valence electrons. The summed E-state index contributed by atoms with van der Waals surface area (Å²) in [5.74, 6) is 0.957. The Morgan fingerprint density at radius 2 is 2.00 bits per heavy atom. The van der Waals surface area contributed by atoms with Gasteiger partial charge in [0.1, 0.15) is 6.79 Å². The van der Waals surface area contributed by atoms with E-state index in [0.29, 0.717) is 38.1 Å². The van der Waals surface area contributed by atoms with E-state index in [9.17, 15) is 0 Å². The van der Waals surface area contributed by atoms with Crippen LogP contribution in [0.2, 0.25) is 0 Å². The van der Waals surface area contributed by atoms with Gasteiger partial charge in [0.2, 0.25) is 0 Å². The van der Waals surface area contributed by atoms with Crippen molar-refractivity contribution >= 4 is 17.1 Å². The van der Waals surface area contributed by atoms with Crippen LogP contribution >= 0.6 is 12.2 Å². The Bertz CT molecular complexity index is 742. The van der Waals surface area contributed by atoms with Crippen molar-refractivity contribution in [2.75, 3.05) is 27.5 Å². The summed E-state index contributed by atoms with van der Waals surface area (Å²) in [5.41, 5.74) is 1.35. The molecule has 0 aromatic heterocycles. The third-order valence-electron chi connectivity index (χ3n) is 8.67. The summed E-state index contributed by atoms with van der Waals surface area (Å²) in [4.78, 5) is 0.940. The molecule has 0 unspecified atom stereocenters. The van der Waals surface area contributed by atoms with E-state index in [1.807, 2.05) is 0 Å². The average molecular weight is 421 g/mol. The molecule has 5 nitrogen and oxygen atoms in total. The third-order valence-corrected chi connectivity index (χ3v) is 8.92. The number of thiocarbonyl (C=S) groups is 1. The molecule has 6 heteroatoms. The monoisotopic (exact) mass is 420 g/mol. The minimum absolute atomic E-state index is 0.0158. The number of fused-ring (bicyclic) bond motifs is 6. The van der Waals surface area contributed by atoms with Crippen molar-refractivity contribution in [3.05, 3.63) is 23.8 Å². The molecule has 1 aliphatic heterocycles. The van der Waals surface area contributed by atoms with Crippen molar-refractivity contribution in [2.24, 2.45) is 28.6 Å². The van der Waals surface area contributed by atoms with Crippen molar-refractivity contribution in [1.82, 2.24) is 0 Å². The standard InChI is InChI=1S/C23H32O5S/c1-21-8-6-16(29)10-15(21)4-5-17-18-7-9-23(27-13-25-14-28-23)22(18,2)11-19(20(17)21)26-12-24-3/h6,8,10,17-20H,4-5,7,9,11-14H2,1-3H3/t17-,18-,19-,20+,21-,22-/m0/s1. The smallest absolute Gasteiger partial charge is 0.179 e. The molecule has 4 fully saturated rings. The van der Waals surface area contributed by atoms with Crippen LogP contribution in [0.4, 0.5) is 0 Å². The second-order valence-corrected chi connectivity index (χ2v) is 10.2. The summed E-state index contributed by atoms with van der Waals surface area (Å²) >= 11 is 5.48. The maximum Gasteiger partial charge on any atom is 0.179 e. The van der Waals surface area contributed by atoms with Crippen LogP contribution in [0.15, 0.2) is 23.8 Å². The van der Waals surface area contributed by atoms with Crippen molar-refractivity contribution in [1.29, 1.82) is 0 Å². The summed E-state index contributed by atoms with van der Waals surface area (Å²) in [6.07, 6.45) is 12.0. The zero-order valence-electron chi connectivity index (χ0n) is 17.6. The highest BCUT2D eigenvalue weighted by atomic mass is 32.1. The van der Waals surface area contributed by atoms with E-state index < -0.39 is 5.79 Å². The molecule has 1 saturated heterocycles. The number of methoxy groups -OCH3 is 1. The van der Waals surface area contributed by atoms with Crippen LogP contribution in [0.25, 0.3) is 0 Å². The fourth-order valence-electron chi connectivity index (χ4n) is 7.38. The molecule has 0 aromatic rings. The van der Waals surface area contributed by atoms with Gasteiger partial charge in [0.05, 0.1) is 6.10 Å². The summed E-state index contributed by atoms with van der Waals surface area (Å²) in [6.45, 7) is 5.67. The van der Waals surface area contributed by atoms with Crippen LogP contribution in [0, 0.1) is 28.6 Å². The molecule has 4 aliphatic carbocycles. The molecule has 0 aromatic carbocycles. The van der Waals surface area contributed by atoms with Gasteiger partial charge >= 0.3 is 0 Å². The maximum atomic E-state index is 6.39. The molecule has 29 heavy (non-hydrogen) atoms. The first-order chi connectivity index (χ1) is 13.9. The van der Waals surface area contributed by atoms with Crippen LogP contribution in [0.3, 0.4) is 0 Å². The van der Waals surface area contributed by atoms with Gasteiger partial charge in [-0.1, -0.05) is 37.7 Å². The second kappa shape index (κ2) is 7.21. The van der Waals surface area contributed by atoms with E-state index in [0.717, 1.165) is 30.5 Å². The molecule has 5 aliphatic rings. The minimum Gasteiger partial charge on any atom is -0.359 e. The molecular formula is C23H32O5S. The lowest BCUT2D eigenvalue weighted by Crippen LogP contribution is -2.62. The molecule has 0 N–H and O–H groups in total. The first-order valence-electron chi connectivity index (χ1n) is 10.8. The van der Waals surface area contributed by atoms with E-state index in [4.69, 9.17) is 35.9 Å². The molecule has 3 saturated carbocycles. The van der Waals surface area contributed by atoms with Gasteiger partial charge < -0.3 is 23.7 Å². The highest BCUT2D eigenvalue weighted by Gasteiger charge is 2.68. The van der Waals surface area contributed by atoms with Gasteiger partial charge in [0, 0.05) is 35.1 Å². The fourth-order valence-corrected chi connectivity index (χ4v) is 7.59. The van der Waals surface area contributed by atoms with Crippen molar-refractivity contribution in [3.63, 3.8) is 0 Å². The third kappa shape index (κ3) is 2.87. The minimum atomic E-state index is -0.559. The van der Waals surface area contributed by atoms with E-state index in [2.05, 4.69) is 32.1 Å². The lowest BCUT2D eigenvalue weighted by molar-refractivity contribution is -0.399.